The monoisotopic (exact) mass is 248 g/mol. The molecule has 1 unspecified atom stereocenters. The van der Waals surface area contributed by atoms with Crippen molar-refractivity contribution in [3.8, 4) is 0 Å². The molecule has 82 valence electrons. The van der Waals surface area contributed by atoms with Crippen LogP contribution >= 0.6 is 23.4 Å². The van der Waals surface area contributed by atoms with E-state index in [4.69, 9.17) is 11.6 Å². The fourth-order valence-corrected chi connectivity index (χ4v) is 2.63. The Morgan fingerprint density at radius 3 is 2.19 bits per heavy atom. The molecule has 0 saturated carbocycles. The van der Waals surface area contributed by atoms with Crippen molar-refractivity contribution in [2.24, 2.45) is 0 Å². The molecule has 2 aromatic rings. The van der Waals surface area contributed by atoms with Crippen LogP contribution in [0.4, 0.5) is 0 Å². The lowest BCUT2D eigenvalue weighted by molar-refractivity contribution is 1.10. The van der Waals surface area contributed by atoms with E-state index in [1.165, 1.54) is 10.5 Å². The molecule has 2 heteroatoms. The summed E-state index contributed by atoms with van der Waals surface area (Å²) in [7, 11) is 0. The summed E-state index contributed by atoms with van der Waals surface area (Å²) < 4.78 is 0. The van der Waals surface area contributed by atoms with E-state index in [2.05, 4.69) is 43.3 Å². The largest absolute Gasteiger partial charge is 0.118 e. The molecule has 1 atom stereocenters. The topological polar surface area (TPSA) is 0 Å². The highest BCUT2D eigenvalue weighted by Crippen LogP contribution is 2.34. The van der Waals surface area contributed by atoms with Gasteiger partial charge in [-0.3, -0.25) is 0 Å². The number of hydrogen-bond acceptors (Lipinski definition) is 1. The van der Waals surface area contributed by atoms with Crippen LogP contribution in [0.2, 0.25) is 5.02 Å². The fraction of sp³-hybridized carbons (Fsp3) is 0.143. The van der Waals surface area contributed by atoms with E-state index in [-0.39, 0.29) is 0 Å². The van der Waals surface area contributed by atoms with E-state index in [1.807, 2.05) is 30.0 Å². The summed E-state index contributed by atoms with van der Waals surface area (Å²) in [5.74, 6) is 0. The van der Waals surface area contributed by atoms with Gasteiger partial charge in [0.1, 0.15) is 0 Å². The number of rotatable bonds is 3. The molecule has 0 aliphatic carbocycles. The first-order valence-corrected chi connectivity index (χ1v) is 6.48. The molecule has 0 bridgehead atoms. The van der Waals surface area contributed by atoms with E-state index in [1.54, 1.807) is 0 Å². The van der Waals surface area contributed by atoms with E-state index >= 15 is 0 Å². The van der Waals surface area contributed by atoms with Crippen molar-refractivity contribution in [1.82, 2.24) is 0 Å². The van der Waals surface area contributed by atoms with Crippen LogP contribution in [0.15, 0.2) is 59.5 Å². The third-order valence-electron chi connectivity index (χ3n) is 2.40. The number of thioether (sulfide) groups is 1. The molecule has 0 aliphatic rings. The summed E-state index contributed by atoms with van der Waals surface area (Å²) >= 11 is 7.70. The highest BCUT2D eigenvalue weighted by molar-refractivity contribution is 7.99. The average molecular weight is 249 g/mol. The Hall–Kier alpha value is -0.920. The molecule has 0 saturated heterocycles. The first kappa shape index (κ1) is 11.6. The van der Waals surface area contributed by atoms with Gasteiger partial charge in [0.15, 0.2) is 0 Å². The average Bonchev–Trinajstić information content (AvgIpc) is 2.33. The Balaban J connectivity index is 2.08. The highest BCUT2D eigenvalue weighted by Gasteiger charge is 2.06. The Morgan fingerprint density at radius 2 is 1.56 bits per heavy atom. The van der Waals surface area contributed by atoms with Crippen LogP contribution in [0.3, 0.4) is 0 Å². The van der Waals surface area contributed by atoms with Gasteiger partial charge in [-0.2, -0.15) is 0 Å². The zero-order valence-corrected chi connectivity index (χ0v) is 10.6. The van der Waals surface area contributed by atoms with Crippen molar-refractivity contribution in [2.45, 2.75) is 17.1 Å². The van der Waals surface area contributed by atoms with Crippen molar-refractivity contribution < 1.29 is 0 Å². The Bertz CT molecular complexity index is 436. The van der Waals surface area contributed by atoms with Gasteiger partial charge in [0.2, 0.25) is 0 Å². The molecule has 0 amide bonds. The molecule has 0 N–H and O–H groups in total. The zero-order chi connectivity index (χ0) is 11.4. The second kappa shape index (κ2) is 5.42. The summed E-state index contributed by atoms with van der Waals surface area (Å²) in [5, 5.41) is 1.25. The standard InChI is InChI=1S/C14H13ClS/c1-11(12-5-3-2-4-6-12)16-14-9-7-13(15)8-10-14/h2-11H,1H3. The number of hydrogen-bond donors (Lipinski definition) is 0. The minimum atomic E-state index is 0.461. The van der Waals surface area contributed by atoms with Gasteiger partial charge in [0, 0.05) is 15.2 Å². The molecule has 2 rings (SSSR count). The van der Waals surface area contributed by atoms with Gasteiger partial charge in [-0.25, -0.2) is 0 Å². The van der Waals surface area contributed by atoms with Crippen LogP contribution < -0.4 is 0 Å². The first-order valence-electron chi connectivity index (χ1n) is 5.23. The van der Waals surface area contributed by atoms with Gasteiger partial charge < -0.3 is 0 Å². The minimum Gasteiger partial charge on any atom is -0.118 e. The molecule has 0 fully saturated rings. The van der Waals surface area contributed by atoms with Crippen LogP contribution in [0, 0.1) is 0 Å². The van der Waals surface area contributed by atoms with Crippen LogP contribution in [-0.2, 0) is 0 Å². The molecule has 0 aliphatic heterocycles. The minimum absolute atomic E-state index is 0.461. The lowest BCUT2D eigenvalue weighted by Gasteiger charge is -2.11. The van der Waals surface area contributed by atoms with Crippen LogP contribution in [-0.4, -0.2) is 0 Å². The predicted molar refractivity (Wildman–Crippen MR) is 72.2 cm³/mol. The van der Waals surface area contributed by atoms with Gasteiger partial charge in [-0.1, -0.05) is 41.9 Å². The SMILES string of the molecule is CC(Sc1ccc(Cl)cc1)c1ccccc1. The van der Waals surface area contributed by atoms with Crippen molar-refractivity contribution in [3.63, 3.8) is 0 Å². The molecule has 0 nitrogen and oxygen atoms in total. The second-order valence-corrected chi connectivity index (χ2v) is 5.48. The molecular weight excluding hydrogens is 236 g/mol. The quantitative estimate of drug-likeness (QED) is 0.674. The van der Waals surface area contributed by atoms with E-state index in [0.29, 0.717) is 5.25 Å². The smallest absolute Gasteiger partial charge is 0.0406 e. The molecule has 0 heterocycles. The van der Waals surface area contributed by atoms with E-state index in [9.17, 15) is 0 Å². The van der Waals surface area contributed by atoms with Crippen molar-refractivity contribution in [2.75, 3.05) is 0 Å². The molecule has 16 heavy (non-hydrogen) atoms. The van der Waals surface area contributed by atoms with Crippen molar-refractivity contribution in [3.05, 3.63) is 65.2 Å². The molecule has 0 spiro atoms. The third kappa shape index (κ3) is 3.03. The molecule has 0 radical (unpaired) electrons. The summed E-state index contributed by atoms with van der Waals surface area (Å²) in [6.45, 7) is 2.22. The van der Waals surface area contributed by atoms with Crippen molar-refractivity contribution in [1.29, 1.82) is 0 Å². The fourth-order valence-electron chi connectivity index (χ4n) is 1.51. The van der Waals surface area contributed by atoms with Gasteiger partial charge in [-0.05, 0) is 36.8 Å². The Labute approximate surface area is 106 Å². The lowest BCUT2D eigenvalue weighted by Crippen LogP contribution is -1.86. The molecular formula is C14H13ClS. The van der Waals surface area contributed by atoms with Gasteiger partial charge >= 0.3 is 0 Å². The van der Waals surface area contributed by atoms with E-state index in [0.717, 1.165) is 5.02 Å². The lowest BCUT2D eigenvalue weighted by atomic mass is 10.2. The maximum Gasteiger partial charge on any atom is 0.0406 e. The number of benzene rings is 2. The number of halogens is 1. The summed E-state index contributed by atoms with van der Waals surface area (Å²) in [6, 6.07) is 18.5. The van der Waals surface area contributed by atoms with Crippen LogP contribution in [0.25, 0.3) is 0 Å². The van der Waals surface area contributed by atoms with E-state index < -0.39 is 0 Å². The van der Waals surface area contributed by atoms with Crippen LogP contribution in [0.1, 0.15) is 17.7 Å². The van der Waals surface area contributed by atoms with Gasteiger partial charge in [0.25, 0.3) is 0 Å². The van der Waals surface area contributed by atoms with Crippen LogP contribution in [0.5, 0.6) is 0 Å². The molecule has 0 aromatic heterocycles. The third-order valence-corrected chi connectivity index (χ3v) is 3.82. The highest BCUT2D eigenvalue weighted by atomic mass is 35.5. The van der Waals surface area contributed by atoms with Gasteiger partial charge in [-0.15, -0.1) is 11.8 Å². The summed E-state index contributed by atoms with van der Waals surface area (Å²) in [6.07, 6.45) is 0. The Kier molecular flexibility index (Phi) is 3.92. The van der Waals surface area contributed by atoms with Crippen molar-refractivity contribution >= 4 is 23.4 Å². The predicted octanol–water partition coefficient (Wildman–Crippen LogP) is 5.19. The second-order valence-electron chi connectivity index (χ2n) is 3.62. The maximum atomic E-state index is 5.86. The van der Waals surface area contributed by atoms with Gasteiger partial charge in [0.05, 0.1) is 0 Å². The summed E-state index contributed by atoms with van der Waals surface area (Å²) in [5.41, 5.74) is 1.35. The summed E-state index contributed by atoms with van der Waals surface area (Å²) in [4.78, 5) is 1.25. The first-order chi connectivity index (χ1) is 7.75. The normalized spacial score (nSPS) is 12.4. The molecule has 2 aromatic carbocycles. The zero-order valence-electron chi connectivity index (χ0n) is 9.06. The Morgan fingerprint density at radius 1 is 0.938 bits per heavy atom. The maximum absolute atomic E-state index is 5.86.